The number of nitrogens with one attached hydrogen (secondary N) is 1. The van der Waals surface area contributed by atoms with Crippen molar-refractivity contribution >= 4 is 10.8 Å². The number of pyridine rings is 1. The van der Waals surface area contributed by atoms with E-state index in [-0.39, 0.29) is 11.7 Å². The largest absolute Gasteiger partial charge is 0.381 e. The molecule has 0 radical (unpaired) electrons. The number of ether oxygens (including phenoxy) is 1. The van der Waals surface area contributed by atoms with Crippen molar-refractivity contribution < 1.29 is 13.3 Å². The van der Waals surface area contributed by atoms with Crippen LogP contribution in [0.5, 0.6) is 0 Å². The van der Waals surface area contributed by atoms with Crippen molar-refractivity contribution in [2.45, 2.75) is 48.2 Å². The number of benzene rings is 1. The first-order valence-corrected chi connectivity index (χ1v) is 12.3. The molecule has 1 N–H and O–H groups in total. The fraction of sp³-hybridized carbons (Fsp3) is 0.400. The molecule has 1 saturated heterocycles. The third kappa shape index (κ3) is 4.80. The molecule has 3 heterocycles. The SMILES string of the molecule is O=S(c1ccc(C(CC2CCOCC2)c2ccc(-c3ccc(F)cn3)[nH]2)cc1)C1CC1. The van der Waals surface area contributed by atoms with Crippen LogP contribution in [0.1, 0.15) is 49.3 Å². The highest BCUT2D eigenvalue weighted by Gasteiger charge is 2.29. The quantitative estimate of drug-likeness (QED) is 0.535. The molecule has 4 nitrogen and oxygen atoms in total. The molecule has 6 heteroatoms. The maximum absolute atomic E-state index is 13.3. The molecular formula is C25H27FN2O2S. The van der Waals surface area contributed by atoms with Crippen LogP contribution in [0, 0.1) is 11.7 Å². The summed E-state index contributed by atoms with van der Waals surface area (Å²) in [5.41, 5.74) is 3.97. The molecule has 1 saturated carbocycles. The van der Waals surface area contributed by atoms with Crippen molar-refractivity contribution in [1.29, 1.82) is 0 Å². The lowest BCUT2D eigenvalue weighted by Gasteiger charge is -2.27. The fourth-order valence-corrected chi connectivity index (χ4v) is 5.72. The van der Waals surface area contributed by atoms with E-state index in [0.717, 1.165) is 67.3 Å². The van der Waals surface area contributed by atoms with Crippen LogP contribution in [0.3, 0.4) is 0 Å². The van der Waals surface area contributed by atoms with Crippen molar-refractivity contribution in [2.75, 3.05) is 13.2 Å². The molecule has 1 aliphatic carbocycles. The van der Waals surface area contributed by atoms with E-state index in [0.29, 0.717) is 11.2 Å². The normalized spacial score (nSPS) is 19.3. The van der Waals surface area contributed by atoms with Gasteiger partial charge < -0.3 is 9.72 Å². The van der Waals surface area contributed by atoms with Crippen LogP contribution in [-0.2, 0) is 15.5 Å². The molecule has 31 heavy (non-hydrogen) atoms. The van der Waals surface area contributed by atoms with Gasteiger partial charge in [-0.3, -0.25) is 9.19 Å². The van der Waals surface area contributed by atoms with E-state index in [4.69, 9.17) is 4.74 Å². The molecule has 1 aliphatic heterocycles. The number of aromatic amines is 1. The predicted octanol–water partition coefficient (Wildman–Crippen LogP) is 5.43. The topological polar surface area (TPSA) is 55.0 Å². The minimum atomic E-state index is -0.882. The van der Waals surface area contributed by atoms with E-state index in [2.05, 4.69) is 28.2 Å². The van der Waals surface area contributed by atoms with Crippen LogP contribution in [0.15, 0.2) is 59.6 Å². The van der Waals surface area contributed by atoms with Crippen molar-refractivity contribution in [2.24, 2.45) is 5.92 Å². The second-order valence-corrected chi connectivity index (χ2v) is 10.3. The molecule has 0 bridgehead atoms. The molecule has 2 atom stereocenters. The number of nitrogens with zero attached hydrogens (tertiary/aromatic N) is 1. The van der Waals surface area contributed by atoms with E-state index < -0.39 is 10.8 Å². The number of aromatic nitrogens is 2. The van der Waals surface area contributed by atoms with Crippen LogP contribution in [0.2, 0.25) is 0 Å². The molecule has 2 aromatic heterocycles. The Morgan fingerprint density at radius 1 is 1.03 bits per heavy atom. The Labute approximate surface area is 184 Å². The highest BCUT2D eigenvalue weighted by molar-refractivity contribution is 7.86. The summed E-state index contributed by atoms with van der Waals surface area (Å²) < 4.78 is 31.3. The summed E-state index contributed by atoms with van der Waals surface area (Å²) in [5, 5.41) is 0.345. The zero-order chi connectivity index (χ0) is 21.2. The number of hydrogen-bond donors (Lipinski definition) is 1. The average Bonchev–Trinajstić information content (AvgIpc) is 3.55. The smallest absolute Gasteiger partial charge is 0.141 e. The number of halogens is 1. The first kappa shape index (κ1) is 20.6. The lowest BCUT2D eigenvalue weighted by Crippen LogP contribution is -2.18. The predicted molar refractivity (Wildman–Crippen MR) is 120 cm³/mol. The third-order valence-corrected chi connectivity index (χ3v) is 8.15. The highest BCUT2D eigenvalue weighted by Crippen LogP contribution is 2.36. The van der Waals surface area contributed by atoms with Gasteiger partial charge in [0, 0.05) is 35.0 Å². The van der Waals surface area contributed by atoms with Crippen molar-refractivity contribution in [3.05, 3.63) is 71.8 Å². The first-order chi connectivity index (χ1) is 15.2. The van der Waals surface area contributed by atoms with E-state index in [1.54, 1.807) is 6.07 Å². The second-order valence-electron chi connectivity index (χ2n) is 8.60. The van der Waals surface area contributed by atoms with Gasteiger partial charge in [0.15, 0.2) is 0 Å². The van der Waals surface area contributed by atoms with E-state index in [1.807, 2.05) is 18.2 Å². The van der Waals surface area contributed by atoms with E-state index in [1.165, 1.54) is 17.8 Å². The Kier molecular flexibility index (Phi) is 6.01. The van der Waals surface area contributed by atoms with Gasteiger partial charge in [0.25, 0.3) is 0 Å². The Morgan fingerprint density at radius 2 is 1.81 bits per heavy atom. The highest BCUT2D eigenvalue weighted by atomic mass is 32.2. The zero-order valence-corrected chi connectivity index (χ0v) is 18.2. The maximum Gasteiger partial charge on any atom is 0.141 e. The van der Waals surface area contributed by atoms with Gasteiger partial charge in [-0.1, -0.05) is 12.1 Å². The van der Waals surface area contributed by atoms with Crippen molar-refractivity contribution in [3.8, 4) is 11.4 Å². The Morgan fingerprint density at radius 3 is 2.48 bits per heavy atom. The summed E-state index contributed by atoms with van der Waals surface area (Å²) in [6.45, 7) is 1.65. The van der Waals surface area contributed by atoms with Crippen molar-refractivity contribution in [3.63, 3.8) is 0 Å². The Balaban J connectivity index is 1.42. The van der Waals surface area contributed by atoms with Gasteiger partial charge in [0.2, 0.25) is 0 Å². The molecule has 2 unspecified atom stereocenters. The van der Waals surface area contributed by atoms with Gasteiger partial charge in [0.1, 0.15) is 5.82 Å². The van der Waals surface area contributed by atoms with Crippen molar-refractivity contribution in [1.82, 2.24) is 9.97 Å². The maximum atomic E-state index is 13.3. The van der Waals surface area contributed by atoms with Crippen LogP contribution < -0.4 is 0 Å². The zero-order valence-electron chi connectivity index (χ0n) is 17.4. The molecule has 2 fully saturated rings. The van der Waals surface area contributed by atoms with E-state index in [9.17, 15) is 8.60 Å². The Hall–Kier alpha value is -2.31. The van der Waals surface area contributed by atoms with Crippen LogP contribution in [0.4, 0.5) is 4.39 Å². The molecule has 5 rings (SSSR count). The summed E-state index contributed by atoms with van der Waals surface area (Å²) in [5.74, 6) is 0.479. The molecule has 0 spiro atoms. The molecule has 2 aliphatic rings. The van der Waals surface area contributed by atoms with Gasteiger partial charge in [-0.25, -0.2) is 4.39 Å². The van der Waals surface area contributed by atoms with Crippen LogP contribution in [-0.4, -0.2) is 32.6 Å². The number of H-pyrrole nitrogens is 1. The summed E-state index contributed by atoms with van der Waals surface area (Å²) in [6, 6.07) is 15.6. The molecular weight excluding hydrogens is 411 g/mol. The van der Waals surface area contributed by atoms with Crippen LogP contribution in [0.25, 0.3) is 11.4 Å². The lowest BCUT2D eigenvalue weighted by molar-refractivity contribution is 0.0626. The van der Waals surface area contributed by atoms with E-state index >= 15 is 0 Å². The summed E-state index contributed by atoms with van der Waals surface area (Å²) in [7, 11) is -0.882. The second kappa shape index (κ2) is 9.05. The fourth-order valence-electron chi connectivity index (χ4n) is 4.37. The number of rotatable bonds is 7. The molecule has 162 valence electrons. The van der Waals surface area contributed by atoms with Gasteiger partial charge >= 0.3 is 0 Å². The lowest BCUT2D eigenvalue weighted by atomic mass is 9.83. The molecule has 1 aromatic carbocycles. The first-order valence-electron chi connectivity index (χ1n) is 11.1. The minimum absolute atomic E-state index is 0.209. The van der Waals surface area contributed by atoms with Gasteiger partial charge in [-0.15, -0.1) is 0 Å². The van der Waals surface area contributed by atoms with Gasteiger partial charge in [-0.05, 0) is 80.0 Å². The summed E-state index contributed by atoms with van der Waals surface area (Å²) >= 11 is 0. The summed E-state index contributed by atoms with van der Waals surface area (Å²) in [6.07, 6.45) is 6.58. The van der Waals surface area contributed by atoms with Gasteiger partial charge in [0.05, 0.1) is 28.4 Å². The summed E-state index contributed by atoms with van der Waals surface area (Å²) in [4.78, 5) is 8.66. The molecule has 0 amide bonds. The number of hydrogen-bond acceptors (Lipinski definition) is 3. The van der Waals surface area contributed by atoms with Crippen LogP contribution >= 0.6 is 0 Å². The average molecular weight is 439 g/mol. The third-order valence-electron chi connectivity index (χ3n) is 6.34. The standard InChI is InChI=1S/C25H27FN2O2S/c26-19-3-8-24(27-16-19)25-10-9-23(28-25)22(15-17-11-13-30-14-12-17)18-1-4-20(5-2-18)31(29)21-6-7-21/h1-5,8-10,16-17,21-22,28H,6-7,11-15H2. The Bertz CT molecular complexity index is 1040. The molecule has 3 aromatic rings. The van der Waals surface area contributed by atoms with Gasteiger partial charge in [-0.2, -0.15) is 0 Å². The minimum Gasteiger partial charge on any atom is -0.381 e. The monoisotopic (exact) mass is 438 g/mol.